The molecule has 1 aliphatic heterocycles. The molecule has 0 aromatic heterocycles. The van der Waals surface area contributed by atoms with E-state index in [-0.39, 0.29) is 42.3 Å². The van der Waals surface area contributed by atoms with E-state index in [1.54, 1.807) is 6.07 Å². The van der Waals surface area contributed by atoms with E-state index in [0.29, 0.717) is 10.5 Å². The summed E-state index contributed by atoms with van der Waals surface area (Å²) in [7, 11) is 0. The maximum absolute atomic E-state index is 12.9. The van der Waals surface area contributed by atoms with Crippen molar-refractivity contribution in [2.75, 3.05) is 4.90 Å². The van der Waals surface area contributed by atoms with Crippen LogP contribution in [-0.4, -0.2) is 16.7 Å². The van der Waals surface area contributed by atoms with Crippen LogP contribution in [0.2, 0.25) is 20.1 Å². The minimum absolute atomic E-state index is 0.173. The molecule has 0 saturated carbocycles. The van der Waals surface area contributed by atoms with E-state index >= 15 is 0 Å². The molecule has 2 amide bonds. The van der Waals surface area contributed by atoms with Crippen LogP contribution >= 0.6 is 46.4 Å². The average molecular weight is 462 g/mol. The third-order valence-corrected chi connectivity index (χ3v) is 6.18. The first-order valence-corrected chi connectivity index (χ1v) is 9.42. The van der Waals surface area contributed by atoms with Crippen molar-refractivity contribution in [1.29, 1.82) is 0 Å². The van der Waals surface area contributed by atoms with Gasteiger partial charge in [0.1, 0.15) is 5.69 Å². The van der Waals surface area contributed by atoms with Crippen LogP contribution < -0.4 is 4.90 Å². The van der Waals surface area contributed by atoms with Crippen LogP contribution in [-0.2, 0) is 5.41 Å². The monoisotopic (exact) mass is 460 g/mol. The average Bonchev–Trinajstić information content (AvgIpc) is 2.87. The van der Waals surface area contributed by atoms with Gasteiger partial charge in [-0.15, -0.1) is 0 Å². The quantitative estimate of drug-likeness (QED) is 0.172. The fourth-order valence-electron chi connectivity index (χ4n) is 2.89. The molecule has 0 radical (unpaired) electrons. The molecule has 0 spiro atoms. The van der Waals surface area contributed by atoms with Gasteiger partial charge < -0.3 is 0 Å². The van der Waals surface area contributed by atoms with Gasteiger partial charge in [0.05, 0.1) is 36.1 Å². The Morgan fingerprint density at radius 1 is 0.893 bits per heavy atom. The lowest BCUT2D eigenvalue weighted by Gasteiger charge is -2.21. The van der Waals surface area contributed by atoms with Crippen molar-refractivity contribution in [3.8, 4) is 0 Å². The molecular formula is C18H12Cl4N2O4. The molecule has 0 fully saturated rings. The third kappa shape index (κ3) is 3.05. The number of carbonyl (C=O) groups is 2. The number of nitro groups is 1. The van der Waals surface area contributed by atoms with Crippen molar-refractivity contribution in [2.45, 2.75) is 26.2 Å². The number of nitro benzene ring substituents is 1. The minimum Gasteiger partial charge on any atom is -0.268 e. The molecule has 0 N–H and O–H groups in total. The van der Waals surface area contributed by atoms with Gasteiger partial charge in [0, 0.05) is 6.07 Å². The molecule has 1 aliphatic rings. The Morgan fingerprint density at radius 2 is 1.36 bits per heavy atom. The second-order valence-electron chi connectivity index (χ2n) is 7.16. The highest BCUT2D eigenvalue weighted by Crippen LogP contribution is 2.47. The van der Waals surface area contributed by atoms with Crippen LogP contribution in [0, 0.1) is 10.1 Å². The fraction of sp³-hybridized carbons (Fsp3) is 0.222. The third-order valence-electron chi connectivity index (χ3n) is 4.38. The van der Waals surface area contributed by atoms with Crippen molar-refractivity contribution in [2.24, 2.45) is 0 Å². The van der Waals surface area contributed by atoms with E-state index in [1.165, 1.54) is 12.1 Å². The number of rotatable bonds is 2. The smallest absolute Gasteiger partial charge is 0.268 e. The highest BCUT2D eigenvalue weighted by atomic mass is 35.5. The Morgan fingerprint density at radius 3 is 1.75 bits per heavy atom. The normalized spacial score (nSPS) is 13.9. The number of imide groups is 1. The largest absolute Gasteiger partial charge is 0.293 e. The minimum atomic E-state index is -0.864. The van der Waals surface area contributed by atoms with Gasteiger partial charge in [-0.1, -0.05) is 73.2 Å². The van der Waals surface area contributed by atoms with Crippen molar-refractivity contribution < 1.29 is 14.5 Å². The van der Waals surface area contributed by atoms with Crippen molar-refractivity contribution in [3.63, 3.8) is 0 Å². The zero-order chi connectivity index (χ0) is 21.1. The number of benzene rings is 2. The zero-order valence-corrected chi connectivity index (χ0v) is 17.8. The number of fused-ring (bicyclic) bond motifs is 1. The van der Waals surface area contributed by atoms with Gasteiger partial charge >= 0.3 is 0 Å². The summed E-state index contributed by atoms with van der Waals surface area (Å²) in [5.41, 5.74) is -0.768. The molecule has 0 unspecified atom stereocenters. The molecule has 2 aromatic rings. The SMILES string of the molecule is CC(C)(C)c1ccc(N2C(=O)c3c(Cl)c(Cl)c(Cl)c(Cl)c3C2=O)c([N+](=O)[O-])c1. The van der Waals surface area contributed by atoms with Crippen molar-refractivity contribution in [1.82, 2.24) is 0 Å². The summed E-state index contributed by atoms with van der Waals surface area (Å²) in [6.07, 6.45) is 0. The molecular weight excluding hydrogens is 450 g/mol. The molecule has 0 bridgehead atoms. The fourth-order valence-corrected chi connectivity index (χ4v) is 3.91. The molecule has 1 heterocycles. The van der Waals surface area contributed by atoms with Crippen molar-refractivity contribution >= 4 is 69.6 Å². The Balaban J connectivity index is 2.25. The first kappa shape index (κ1) is 20.9. The van der Waals surface area contributed by atoms with Crippen LogP contribution in [0.1, 0.15) is 47.1 Å². The Labute approximate surface area is 180 Å². The second-order valence-corrected chi connectivity index (χ2v) is 8.67. The molecule has 10 heteroatoms. The summed E-state index contributed by atoms with van der Waals surface area (Å²) in [4.78, 5) is 37.5. The predicted molar refractivity (Wildman–Crippen MR) is 109 cm³/mol. The van der Waals surface area contributed by atoms with Gasteiger partial charge in [0.2, 0.25) is 0 Å². The van der Waals surface area contributed by atoms with Gasteiger partial charge in [-0.05, 0) is 17.0 Å². The first-order valence-electron chi connectivity index (χ1n) is 7.91. The zero-order valence-electron chi connectivity index (χ0n) is 14.8. The summed E-state index contributed by atoms with van der Waals surface area (Å²) in [6.45, 7) is 5.66. The Kier molecular flexibility index (Phi) is 5.13. The van der Waals surface area contributed by atoms with Crippen molar-refractivity contribution in [3.05, 3.63) is 65.1 Å². The molecule has 0 saturated heterocycles. The lowest BCUT2D eigenvalue weighted by Crippen LogP contribution is -2.30. The number of amides is 2. The van der Waals surface area contributed by atoms with E-state index in [0.717, 1.165) is 0 Å². The summed E-state index contributed by atoms with van der Waals surface area (Å²) in [6, 6.07) is 4.31. The molecule has 0 aliphatic carbocycles. The highest BCUT2D eigenvalue weighted by Gasteiger charge is 2.44. The molecule has 6 nitrogen and oxygen atoms in total. The van der Waals surface area contributed by atoms with E-state index < -0.39 is 22.4 Å². The topological polar surface area (TPSA) is 80.5 Å². The second kappa shape index (κ2) is 6.88. The molecule has 3 rings (SSSR count). The van der Waals surface area contributed by atoms with Gasteiger partial charge in [0.15, 0.2) is 0 Å². The standard InChI is InChI=1S/C18H12Cl4N2O4/c1-18(2,3)7-4-5-8(9(6-7)24(27)28)23-16(25)10-11(17(23)26)13(20)15(22)14(21)12(10)19/h4-6H,1-3H3. The number of nitrogens with zero attached hydrogens (tertiary/aromatic N) is 2. The highest BCUT2D eigenvalue weighted by molar-refractivity contribution is 6.56. The Bertz CT molecular complexity index is 1030. The summed E-state index contributed by atoms with van der Waals surface area (Å²) >= 11 is 24.2. The van der Waals surface area contributed by atoms with Gasteiger partial charge in [-0.3, -0.25) is 19.7 Å². The number of carbonyl (C=O) groups excluding carboxylic acids is 2. The Hall–Kier alpha value is -1.86. The van der Waals surface area contributed by atoms with E-state index in [1.807, 2.05) is 20.8 Å². The number of halogens is 4. The number of anilines is 1. The predicted octanol–water partition coefficient (Wildman–Crippen LogP) is 6.31. The summed E-state index contributed by atoms with van der Waals surface area (Å²) in [5, 5.41) is 10.8. The first-order chi connectivity index (χ1) is 12.9. The van der Waals surface area contributed by atoms with Crippen LogP contribution in [0.25, 0.3) is 0 Å². The summed E-state index contributed by atoms with van der Waals surface area (Å²) in [5.74, 6) is -1.73. The van der Waals surface area contributed by atoms with E-state index in [2.05, 4.69) is 0 Å². The lowest BCUT2D eigenvalue weighted by molar-refractivity contribution is -0.384. The van der Waals surface area contributed by atoms with Crippen LogP contribution in [0.5, 0.6) is 0 Å². The molecule has 146 valence electrons. The molecule has 28 heavy (non-hydrogen) atoms. The van der Waals surface area contributed by atoms with E-state index in [9.17, 15) is 19.7 Å². The van der Waals surface area contributed by atoms with Gasteiger partial charge in [-0.25, -0.2) is 4.90 Å². The number of hydrogen-bond donors (Lipinski definition) is 0. The summed E-state index contributed by atoms with van der Waals surface area (Å²) < 4.78 is 0. The maximum Gasteiger partial charge on any atom is 0.293 e. The number of hydrogen-bond acceptors (Lipinski definition) is 4. The van der Waals surface area contributed by atoms with Crippen LogP contribution in [0.3, 0.4) is 0 Å². The molecule has 2 aromatic carbocycles. The van der Waals surface area contributed by atoms with E-state index in [4.69, 9.17) is 46.4 Å². The van der Waals surface area contributed by atoms with Crippen LogP contribution in [0.15, 0.2) is 18.2 Å². The van der Waals surface area contributed by atoms with Gasteiger partial charge in [-0.2, -0.15) is 0 Å². The molecule has 0 atom stereocenters. The van der Waals surface area contributed by atoms with Gasteiger partial charge in [0.25, 0.3) is 17.5 Å². The van der Waals surface area contributed by atoms with Crippen LogP contribution in [0.4, 0.5) is 11.4 Å². The maximum atomic E-state index is 12.9. The lowest BCUT2D eigenvalue weighted by atomic mass is 9.86.